The van der Waals surface area contributed by atoms with Crippen molar-refractivity contribution in [1.82, 2.24) is 0 Å². The first-order chi connectivity index (χ1) is 6.29. The van der Waals surface area contributed by atoms with E-state index in [1.165, 1.54) is 0 Å². The normalized spacial score (nSPS) is 18.1. The maximum absolute atomic E-state index is 10.1. The average molecular weight is 291 g/mol. The molecule has 4 unspecified atom stereocenters. The number of hydrogen-bond acceptors (Lipinski definition) is 6. The van der Waals surface area contributed by atoms with E-state index in [1.807, 2.05) is 0 Å². The van der Waals surface area contributed by atoms with Crippen LogP contribution in [0.5, 0.6) is 0 Å². The number of rotatable bonds is 5. The summed E-state index contributed by atoms with van der Waals surface area (Å²) in [7, 11) is 0. The molecule has 0 saturated heterocycles. The molecular weight excluding hydrogens is 279 g/mol. The first kappa shape index (κ1) is 16.7. The summed E-state index contributed by atoms with van der Waals surface area (Å²) in [5.74, 6) is -3.68. The van der Waals surface area contributed by atoms with Gasteiger partial charge in [0.05, 0.1) is 0 Å². The van der Waals surface area contributed by atoms with Crippen molar-refractivity contribution in [3.63, 3.8) is 0 Å². The Morgan fingerprint density at radius 3 is 1.07 bits per heavy atom. The van der Waals surface area contributed by atoms with Crippen LogP contribution in [0.4, 0.5) is 0 Å². The summed E-state index contributed by atoms with van der Waals surface area (Å²) < 4.78 is 0. The molecule has 0 aromatic rings. The molecule has 0 fully saturated rings. The molecule has 15 heavy (non-hydrogen) atoms. The monoisotopic (exact) mass is 292 g/mol. The van der Waals surface area contributed by atoms with E-state index < -0.39 is 36.4 Å². The molecule has 6 N–H and O–H groups in total. The molecule has 0 amide bonds. The number of carboxylic acid groups (broad SMARTS) is 2. The Balaban J connectivity index is 0. The van der Waals surface area contributed by atoms with Crippen molar-refractivity contribution < 1.29 is 40.2 Å². The van der Waals surface area contributed by atoms with Crippen LogP contribution in [0, 0.1) is 0 Å². The van der Waals surface area contributed by atoms with E-state index in [0.717, 1.165) is 0 Å². The Bertz CT molecular complexity index is 207. The summed E-state index contributed by atoms with van der Waals surface area (Å²) in [6, 6.07) is 0. The van der Waals surface area contributed by atoms with Crippen LogP contribution in [0.25, 0.3) is 0 Å². The van der Waals surface area contributed by atoms with Crippen LogP contribution in [0.15, 0.2) is 0 Å². The summed E-state index contributed by atoms with van der Waals surface area (Å²) in [4.78, 5) is 20.2. The van der Waals surface area contributed by atoms with Crippen molar-refractivity contribution in [2.45, 2.75) is 24.4 Å². The number of carboxylic acids is 2. The Labute approximate surface area is 94.2 Å². The fourth-order valence-corrected chi connectivity index (χ4v) is 0.666. The quantitative estimate of drug-likeness (QED) is 0.278. The van der Waals surface area contributed by atoms with Crippen LogP contribution < -0.4 is 0 Å². The number of aliphatic hydroxyl groups excluding tert-OH is 4. The minimum atomic E-state index is -2.36. The molecule has 0 aliphatic rings. The summed E-state index contributed by atoms with van der Waals surface area (Å²) >= 11 is 0. The predicted molar refractivity (Wildman–Crippen MR) is 47.8 cm³/mol. The molecule has 0 radical (unpaired) electrons. The van der Waals surface area contributed by atoms with Crippen LogP contribution in [0.1, 0.15) is 0 Å². The maximum atomic E-state index is 10.1. The Hall–Kier alpha value is -0.701. The SMILES string of the molecule is O=C(O)C(O)C(O)C(O)C(O)C(=O)O.[SeH2]. The van der Waals surface area contributed by atoms with Crippen molar-refractivity contribution in [3.05, 3.63) is 0 Å². The fourth-order valence-electron chi connectivity index (χ4n) is 0.666. The standard InChI is InChI=1S/C6H10O8.H2Se/c7-1(3(9)5(11)12)2(8)4(10)6(13)14;/h1-4,7-10H,(H,11,12)(H,13,14);1H2. The topological polar surface area (TPSA) is 156 Å². The van der Waals surface area contributed by atoms with Gasteiger partial charge < -0.3 is 30.6 Å². The summed E-state index contributed by atoms with van der Waals surface area (Å²) in [6.07, 6.45) is -9.28. The van der Waals surface area contributed by atoms with E-state index in [1.54, 1.807) is 0 Å². The predicted octanol–water partition coefficient (Wildman–Crippen LogP) is -4.32. The third kappa shape index (κ3) is 4.56. The van der Waals surface area contributed by atoms with Gasteiger partial charge in [-0.15, -0.1) is 0 Å². The van der Waals surface area contributed by atoms with Gasteiger partial charge in [0, 0.05) is 0 Å². The first-order valence-corrected chi connectivity index (χ1v) is 3.47. The van der Waals surface area contributed by atoms with Crippen LogP contribution >= 0.6 is 0 Å². The molecule has 4 atom stereocenters. The van der Waals surface area contributed by atoms with E-state index in [0.29, 0.717) is 0 Å². The van der Waals surface area contributed by atoms with E-state index in [2.05, 4.69) is 0 Å². The molecule has 0 aromatic heterocycles. The summed E-state index contributed by atoms with van der Waals surface area (Å²) in [5.41, 5.74) is 0. The molecule has 0 spiro atoms. The molecule has 8 nitrogen and oxygen atoms in total. The first-order valence-electron chi connectivity index (χ1n) is 3.47. The molecule has 0 rings (SSSR count). The second-order valence-corrected chi connectivity index (χ2v) is 2.55. The molecule has 0 aliphatic heterocycles. The second-order valence-electron chi connectivity index (χ2n) is 2.55. The van der Waals surface area contributed by atoms with Gasteiger partial charge in [-0.2, -0.15) is 0 Å². The van der Waals surface area contributed by atoms with E-state index in [4.69, 9.17) is 30.6 Å². The third-order valence-electron chi connectivity index (χ3n) is 1.50. The van der Waals surface area contributed by atoms with Crippen molar-refractivity contribution >= 4 is 29.0 Å². The van der Waals surface area contributed by atoms with Gasteiger partial charge in [-0.25, -0.2) is 9.59 Å². The van der Waals surface area contributed by atoms with Gasteiger partial charge in [0.25, 0.3) is 0 Å². The van der Waals surface area contributed by atoms with Crippen molar-refractivity contribution in [2.75, 3.05) is 0 Å². The van der Waals surface area contributed by atoms with Gasteiger partial charge in [0.1, 0.15) is 12.2 Å². The zero-order valence-corrected chi connectivity index (χ0v) is 9.41. The summed E-state index contributed by atoms with van der Waals surface area (Å²) in [5, 5.41) is 51.5. The van der Waals surface area contributed by atoms with Crippen LogP contribution in [-0.4, -0.2) is 84.1 Å². The average Bonchev–Trinajstić information content (AvgIpc) is 2.12. The number of aliphatic carboxylic acids is 2. The molecule has 0 heterocycles. The van der Waals surface area contributed by atoms with Gasteiger partial charge in [0.15, 0.2) is 12.2 Å². The summed E-state index contributed by atoms with van der Waals surface area (Å²) in [6.45, 7) is 0. The fraction of sp³-hybridized carbons (Fsp3) is 0.667. The van der Waals surface area contributed by atoms with Crippen molar-refractivity contribution in [1.29, 1.82) is 0 Å². The zero-order chi connectivity index (χ0) is 11.5. The molecule has 0 aliphatic carbocycles. The van der Waals surface area contributed by atoms with Crippen LogP contribution in [0.2, 0.25) is 0 Å². The van der Waals surface area contributed by atoms with Gasteiger partial charge in [0.2, 0.25) is 0 Å². The Morgan fingerprint density at radius 1 is 0.733 bits per heavy atom. The Kier molecular flexibility index (Phi) is 7.49. The molecule has 0 saturated carbocycles. The van der Waals surface area contributed by atoms with Crippen LogP contribution in [-0.2, 0) is 9.59 Å². The van der Waals surface area contributed by atoms with Crippen molar-refractivity contribution in [2.24, 2.45) is 0 Å². The molecule has 0 bridgehead atoms. The van der Waals surface area contributed by atoms with Crippen molar-refractivity contribution in [3.8, 4) is 0 Å². The van der Waals surface area contributed by atoms with E-state index in [-0.39, 0.29) is 17.1 Å². The number of carbonyl (C=O) groups is 2. The molecule has 0 aromatic carbocycles. The molecule has 90 valence electrons. The molecule has 9 heteroatoms. The van der Waals surface area contributed by atoms with Gasteiger partial charge >= 0.3 is 29.0 Å². The van der Waals surface area contributed by atoms with Gasteiger partial charge in [-0.3, -0.25) is 0 Å². The molecular formula is C6H12O8Se. The third-order valence-corrected chi connectivity index (χ3v) is 1.50. The zero-order valence-electron chi connectivity index (χ0n) is 7.31. The van der Waals surface area contributed by atoms with E-state index in [9.17, 15) is 9.59 Å². The second kappa shape index (κ2) is 6.72. The van der Waals surface area contributed by atoms with Gasteiger partial charge in [-0.1, -0.05) is 0 Å². The van der Waals surface area contributed by atoms with E-state index >= 15 is 0 Å². The number of hydrogen-bond donors (Lipinski definition) is 6. The minimum absolute atomic E-state index is 0. The number of aliphatic hydroxyl groups is 4. The van der Waals surface area contributed by atoms with Gasteiger partial charge in [-0.05, 0) is 0 Å². The Morgan fingerprint density at radius 2 is 0.933 bits per heavy atom. The van der Waals surface area contributed by atoms with Crippen LogP contribution in [0.3, 0.4) is 0 Å².